The number of carbonyl (C=O) groups is 1. The van der Waals surface area contributed by atoms with Crippen LogP contribution in [0.3, 0.4) is 0 Å². The molecular formula is C25H20ClN3O4. The Bertz CT molecular complexity index is 1270. The van der Waals surface area contributed by atoms with Crippen molar-refractivity contribution in [2.24, 2.45) is 0 Å². The molecule has 0 fully saturated rings. The number of hydrogen-bond acceptors (Lipinski definition) is 5. The summed E-state index contributed by atoms with van der Waals surface area (Å²) >= 11 is 6.34. The zero-order valence-corrected chi connectivity index (χ0v) is 18.7. The van der Waals surface area contributed by atoms with Crippen molar-refractivity contribution in [2.45, 2.75) is 20.5 Å². The maximum atomic E-state index is 12.5. The summed E-state index contributed by atoms with van der Waals surface area (Å²) < 4.78 is 5.82. The van der Waals surface area contributed by atoms with Crippen molar-refractivity contribution in [2.75, 3.05) is 5.32 Å². The fourth-order valence-corrected chi connectivity index (χ4v) is 3.49. The smallest absolute Gasteiger partial charge is 0.271 e. The Hall–Kier alpha value is -4.15. The predicted octanol–water partition coefficient (Wildman–Crippen LogP) is 5.99. The van der Waals surface area contributed by atoms with Crippen molar-refractivity contribution in [1.29, 1.82) is 5.26 Å². The Morgan fingerprint density at radius 2 is 1.88 bits per heavy atom. The van der Waals surface area contributed by atoms with E-state index in [1.54, 1.807) is 18.2 Å². The summed E-state index contributed by atoms with van der Waals surface area (Å²) in [6.07, 6.45) is 1.38. The average molecular weight is 462 g/mol. The van der Waals surface area contributed by atoms with Gasteiger partial charge >= 0.3 is 0 Å². The van der Waals surface area contributed by atoms with Crippen LogP contribution in [0, 0.1) is 35.3 Å². The highest BCUT2D eigenvalue weighted by Crippen LogP contribution is 2.28. The predicted molar refractivity (Wildman–Crippen MR) is 127 cm³/mol. The van der Waals surface area contributed by atoms with Gasteiger partial charge in [-0.15, -0.1) is 0 Å². The first-order chi connectivity index (χ1) is 15.7. The van der Waals surface area contributed by atoms with Crippen molar-refractivity contribution >= 4 is 35.0 Å². The molecule has 0 saturated heterocycles. The Morgan fingerprint density at radius 1 is 1.15 bits per heavy atom. The molecule has 3 rings (SSSR count). The first-order valence-corrected chi connectivity index (χ1v) is 10.3. The zero-order chi connectivity index (χ0) is 24.0. The SMILES string of the molecule is Cc1cc(C)cc(COc2ccc(/C=C(\C#N)C(=O)Nc3cccc([N+](=O)[O-])c3)cc2Cl)c1. The normalized spacial score (nSPS) is 10.9. The van der Waals surface area contributed by atoms with E-state index in [2.05, 4.69) is 11.4 Å². The number of benzene rings is 3. The van der Waals surface area contributed by atoms with Gasteiger partial charge in [0.05, 0.1) is 9.95 Å². The molecular weight excluding hydrogens is 442 g/mol. The topological polar surface area (TPSA) is 105 Å². The van der Waals surface area contributed by atoms with Gasteiger partial charge in [0.15, 0.2) is 0 Å². The van der Waals surface area contributed by atoms with E-state index in [9.17, 15) is 20.2 Å². The van der Waals surface area contributed by atoms with Gasteiger partial charge in [0.2, 0.25) is 0 Å². The van der Waals surface area contributed by atoms with Crippen LogP contribution in [0.15, 0.2) is 66.2 Å². The molecule has 166 valence electrons. The quantitative estimate of drug-likeness (QED) is 0.201. The lowest BCUT2D eigenvalue weighted by Gasteiger charge is -2.10. The second-order valence-corrected chi connectivity index (χ2v) is 7.81. The number of carbonyl (C=O) groups excluding carboxylic acids is 1. The Balaban J connectivity index is 1.72. The second-order valence-electron chi connectivity index (χ2n) is 7.41. The number of halogens is 1. The monoisotopic (exact) mass is 461 g/mol. The highest BCUT2D eigenvalue weighted by molar-refractivity contribution is 6.32. The maximum Gasteiger partial charge on any atom is 0.271 e. The van der Waals surface area contributed by atoms with E-state index >= 15 is 0 Å². The molecule has 0 bridgehead atoms. The van der Waals surface area contributed by atoms with Gasteiger partial charge in [-0.2, -0.15) is 5.26 Å². The van der Waals surface area contributed by atoms with Crippen LogP contribution < -0.4 is 10.1 Å². The van der Waals surface area contributed by atoms with Crippen LogP contribution >= 0.6 is 11.6 Å². The van der Waals surface area contributed by atoms with Crippen molar-refractivity contribution in [3.63, 3.8) is 0 Å². The van der Waals surface area contributed by atoms with Gasteiger partial charge in [-0.1, -0.05) is 53.1 Å². The number of ether oxygens (including phenoxy) is 1. The number of nitrogens with zero attached hydrogens (tertiary/aromatic N) is 2. The number of nitro benzene ring substituents is 1. The molecule has 0 saturated carbocycles. The maximum absolute atomic E-state index is 12.5. The first kappa shape index (κ1) is 23.5. The highest BCUT2D eigenvalue weighted by Gasteiger charge is 2.13. The van der Waals surface area contributed by atoms with Crippen LogP contribution in [0.2, 0.25) is 5.02 Å². The van der Waals surface area contributed by atoms with Crippen molar-refractivity contribution in [3.05, 3.63) is 104 Å². The zero-order valence-electron chi connectivity index (χ0n) is 18.0. The molecule has 3 aromatic rings. The van der Waals surface area contributed by atoms with Crippen LogP contribution in [0.25, 0.3) is 6.08 Å². The minimum Gasteiger partial charge on any atom is -0.487 e. The Labute approximate surface area is 196 Å². The molecule has 0 aliphatic rings. The molecule has 1 N–H and O–H groups in total. The van der Waals surface area contributed by atoms with Crippen molar-refractivity contribution in [3.8, 4) is 11.8 Å². The number of rotatable bonds is 7. The number of nitriles is 1. The fourth-order valence-electron chi connectivity index (χ4n) is 3.25. The number of nitrogens with one attached hydrogen (secondary N) is 1. The standard InChI is InChI=1S/C25H20ClN3O4/c1-16-8-17(2)10-19(9-16)15-33-24-7-6-18(12-23(24)26)11-20(14-27)25(30)28-21-4-3-5-22(13-21)29(31)32/h3-13H,15H2,1-2H3,(H,28,30)/b20-11+. The van der Waals surface area contributed by atoms with Crippen molar-refractivity contribution < 1.29 is 14.5 Å². The lowest BCUT2D eigenvalue weighted by Crippen LogP contribution is -2.13. The third kappa shape index (κ3) is 6.42. The largest absolute Gasteiger partial charge is 0.487 e. The number of hydrogen-bond donors (Lipinski definition) is 1. The summed E-state index contributed by atoms with van der Waals surface area (Å²) in [4.78, 5) is 22.8. The van der Waals surface area contributed by atoms with Gasteiger partial charge in [0.25, 0.3) is 11.6 Å². The van der Waals surface area contributed by atoms with Gasteiger partial charge in [-0.25, -0.2) is 0 Å². The number of nitro groups is 1. The molecule has 0 spiro atoms. The van der Waals surface area contributed by atoms with E-state index in [-0.39, 0.29) is 16.9 Å². The molecule has 0 heterocycles. The Morgan fingerprint density at radius 3 is 2.52 bits per heavy atom. The summed E-state index contributed by atoms with van der Waals surface area (Å²) in [6, 6.07) is 18.4. The van der Waals surface area contributed by atoms with Gasteiger partial charge in [0, 0.05) is 17.8 Å². The fraction of sp³-hybridized carbons (Fsp3) is 0.120. The van der Waals surface area contributed by atoms with Gasteiger partial charge < -0.3 is 10.1 Å². The molecule has 1 amide bonds. The van der Waals surface area contributed by atoms with E-state index in [1.165, 1.54) is 30.3 Å². The lowest BCUT2D eigenvalue weighted by atomic mass is 10.1. The van der Waals surface area contributed by atoms with Gasteiger partial charge in [-0.3, -0.25) is 14.9 Å². The minimum atomic E-state index is -0.690. The van der Waals surface area contributed by atoms with E-state index in [4.69, 9.17) is 16.3 Å². The molecule has 7 nitrogen and oxygen atoms in total. The van der Waals surface area contributed by atoms with E-state index < -0.39 is 10.8 Å². The van der Waals surface area contributed by atoms with E-state index in [0.717, 1.165) is 16.7 Å². The van der Waals surface area contributed by atoms with Crippen LogP contribution in [0.5, 0.6) is 5.75 Å². The molecule has 0 atom stereocenters. The van der Waals surface area contributed by atoms with Crippen LogP contribution in [-0.2, 0) is 11.4 Å². The average Bonchev–Trinajstić information content (AvgIpc) is 2.76. The van der Waals surface area contributed by atoms with Crippen LogP contribution in [0.1, 0.15) is 22.3 Å². The third-order valence-corrected chi connectivity index (χ3v) is 4.92. The van der Waals surface area contributed by atoms with Gasteiger partial charge in [-0.05, 0) is 49.2 Å². The van der Waals surface area contributed by atoms with Crippen molar-refractivity contribution in [1.82, 2.24) is 0 Å². The lowest BCUT2D eigenvalue weighted by molar-refractivity contribution is -0.384. The summed E-state index contributed by atoms with van der Waals surface area (Å²) in [6.45, 7) is 4.39. The highest BCUT2D eigenvalue weighted by atomic mass is 35.5. The molecule has 3 aromatic carbocycles. The molecule has 0 radical (unpaired) electrons. The molecule has 0 unspecified atom stereocenters. The third-order valence-electron chi connectivity index (χ3n) is 4.62. The van der Waals surface area contributed by atoms with Crippen LogP contribution in [0.4, 0.5) is 11.4 Å². The second kappa shape index (κ2) is 10.4. The Kier molecular flexibility index (Phi) is 7.44. The summed E-state index contributed by atoms with van der Waals surface area (Å²) in [5, 5.41) is 23.1. The van der Waals surface area contributed by atoms with Gasteiger partial charge in [0.1, 0.15) is 24.0 Å². The number of aryl methyl sites for hydroxylation is 2. The van der Waals surface area contributed by atoms with E-state index in [0.29, 0.717) is 22.9 Å². The number of anilines is 1. The molecule has 33 heavy (non-hydrogen) atoms. The van der Waals surface area contributed by atoms with Crippen LogP contribution in [-0.4, -0.2) is 10.8 Å². The molecule has 0 aromatic heterocycles. The molecule has 8 heteroatoms. The van der Waals surface area contributed by atoms with E-state index in [1.807, 2.05) is 32.0 Å². The summed E-state index contributed by atoms with van der Waals surface area (Å²) in [5.41, 5.74) is 3.71. The number of amides is 1. The number of non-ortho nitro benzene ring substituents is 1. The molecule has 0 aliphatic heterocycles. The minimum absolute atomic E-state index is 0.168. The summed E-state index contributed by atoms with van der Waals surface area (Å²) in [7, 11) is 0. The first-order valence-electron chi connectivity index (χ1n) is 9.92. The molecule has 0 aliphatic carbocycles. The summed E-state index contributed by atoms with van der Waals surface area (Å²) in [5.74, 6) is -0.211.